The van der Waals surface area contributed by atoms with Crippen molar-refractivity contribution in [1.29, 1.82) is 0 Å². The van der Waals surface area contributed by atoms with Gasteiger partial charge < -0.3 is 0 Å². The van der Waals surface area contributed by atoms with Crippen LogP contribution in [0, 0.1) is 0 Å². The average molecular weight is 199 g/mol. The maximum atomic E-state index is 6.98. The fraction of sp³-hybridized carbons (Fsp3) is 0.250. The molecule has 1 radical (unpaired) electrons. The Kier molecular flexibility index (Phi) is 2.90. The molecule has 0 aromatic heterocycles. The number of benzene rings is 1. The second-order valence-corrected chi connectivity index (χ2v) is 3.04. The fourth-order valence-electron chi connectivity index (χ4n) is 0.795. The first kappa shape index (κ1) is 7.76. The third-order valence-electron chi connectivity index (χ3n) is 1.33. The van der Waals surface area contributed by atoms with Gasteiger partial charge in [0, 0.05) is 11.0 Å². The van der Waals surface area contributed by atoms with Gasteiger partial charge in [-0.15, -0.1) is 0 Å². The molecule has 0 bridgehead atoms. The molecule has 1 aromatic rings. The fourth-order valence-corrected chi connectivity index (χ4v) is 1.06. The lowest BCUT2D eigenvalue weighted by Gasteiger charge is -1.96. The predicted octanol–water partition coefficient (Wildman–Crippen LogP) is 2.27. The van der Waals surface area contributed by atoms with Crippen LogP contribution in [-0.2, 0) is 6.42 Å². The van der Waals surface area contributed by atoms with E-state index >= 15 is 0 Å². The standard InChI is InChI=1S/C8H9BrN/c9-8-3-1-7(2-4-8)5-6-10/h1-4,10H,5-6H2. The van der Waals surface area contributed by atoms with Crippen LogP contribution in [0.2, 0.25) is 0 Å². The molecule has 53 valence electrons. The van der Waals surface area contributed by atoms with Gasteiger partial charge in [-0.2, -0.15) is 0 Å². The van der Waals surface area contributed by atoms with Gasteiger partial charge in [-0.3, -0.25) is 5.73 Å². The minimum atomic E-state index is 0.474. The summed E-state index contributed by atoms with van der Waals surface area (Å²) in [6.45, 7) is 0.474. The van der Waals surface area contributed by atoms with Gasteiger partial charge in [-0.25, -0.2) is 0 Å². The molecule has 0 fully saturated rings. The molecule has 1 N–H and O–H groups in total. The molecule has 0 aliphatic carbocycles. The van der Waals surface area contributed by atoms with E-state index in [2.05, 4.69) is 15.9 Å². The van der Waals surface area contributed by atoms with Crippen LogP contribution >= 0.6 is 15.9 Å². The van der Waals surface area contributed by atoms with Crippen LogP contribution in [0.3, 0.4) is 0 Å². The molecule has 0 aliphatic heterocycles. The summed E-state index contributed by atoms with van der Waals surface area (Å²) >= 11 is 3.35. The summed E-state index contributed by atoms with van der Waals surface area (Å²) in [5, 5.41) is 0. The Morgan fingerprint density at radius 3 is 2.30 bits per heavy atom. The van der Waals surface area contributed by atoms with Crippen LogP contribution in [0.4, 0.5) is 0 Å². The van der Waals surface area contributed by atoms with Crippen molar-refractivity contribution in [3.05, 3.63) is 34.3 Å². The zero-order valence-electron chi connectivity index (χ0n) is 5.60. The molecule has 0 atom stereocenters. The molecule has 1 nitrogen and oxygen atoms in total. The summed E-state index contributed by atoms with van der Waals surface area (Å²) in [6, 6.07) is 8.09. The normalized spacial score (nSPS) is 9.80. The lowest BCUT2D eigenvalue weighted by atomic mass is 10.2. The predicted molar refractivity (Wildman–Crippen MR) is 45.8 cm³/mol. The molecule has 1 aromatic carbocycles. The molecule has 0 saturated carbocycles. The Morgan fingerprint density at radius 2 is 1.80 bits per heavy atom. The maximum Gasteiger partial charge on any atom is 0.0175 e. The molecule has 0 heterocycles. The molecule has 0 aliphatic rings. The summed E-state index contributed by atoms with van der Waals surface area (Å²) in [5.74, 6) is 0. The summed E-state index contributed by atoms with van der Waals surface area (Å²) < 4.78 is 1.10. The van der Waals surface area contributed by atoms with E-state index in [-0.39, 0.29) is 0 Å². The quantitative estimate of drug-likeness (QED) is 0.697. The Hall–Kier alpha value is -0.340. The van der Waals surface area contributed by atoms with E-state index in [9.17, 15) is 0 Å². The van der Waals surface area contributed by atoms with Crippen LogP contribution in [0.15, 0.2) is 28.7 Å². The smallest absolute Gasteiger partial charge is 0.0175 e. The van der Waals surface area contributed by atoms with Crippen LogP contribution in [0.1, 0.15) is 5.56 Å². The van der Waals surface area contributed by atoms with Crippen LogP contribution in [0.25, 0.3) is 0 Å². The monoisotopic (exact) mass is 198 g/mol. The minimum absolute atomic E-state index is 0.474. The third kappa shape index (κ3) is 2.12. The van der Waals surface area contributed by atoms with Crippen LogP contribution < -0.4 is 5.73 Å². The van der Waals surface area contributed by atoms with Gasteiger partial charge in [0.2, 0.25) is 0 Å². The topological polar surface area (TPSA) is 23.8 Å². The van der Waals surface area contributed by atoms with E-state index < -0.39 is 0 Å². The molecular formula is C8H9BrN. The Labute approximate surface area is 69.4 Å². The number of nitrogens with one attached hydrogen (secondary N) is 1. The highest BCUT2D eigenvalue weighted by Gasteiger charge is 1.89. The second kappa shape index (κ2) is 3.74. The van der Waals surface area contributed by atoms with E-state index in [0.717, 1.165) is 10.9 Å². The van der Waals surface area contributed by atoms with Gasteiger partial charge >= 0.3 is 0 Å². The third-order valence-corrected chi connectivity index (χ3v) is 1.86. The SMILES string of the molecule is [NH]CCc1ccc(Br)cc1. The Bertz CT molecular complexity index is 193. The minimum Gasteiger partial charge on any atom is -0.258 e. The van der Waals surface area contributed by atoms with E-state index in [1.807, 2.05) is 24.3 Å². The molecule has 0 spiro atoms. The van der Waals surface area contributed by atoms with Gasteiger partial charge in [-0.05, 0) is 24.1 Å². The van der Waals surface area contributed by atoms with E-state index in [0.29, 0.717) is 6.54 Å². The van der Waals surface area contributed by atoms with Crippen molar-refractivity contribution >= 4 is 15.9 Å². The van der Waals surface area contributed by atoms with Crippen molar-refractivity contribution in [2.45, 2.75) is 6.42 Å². The van der Waals surface area contributed by atoms with Gasteiger partial charge in [0.1, 0.15) is 0 Å². The molecule has 0 saturated heterocycles. The highest BCUT2D eigenvalue weighted by Crippen LogP contribution is 2.10. The molecule has 2 heteroatoms. The molecule has 0 unspecified atom stereocenters. The van der Waals surface area contributed by atoms with Crippen molar-refractivity contribution in [1.82, 2.24) is 5.73 Å². The van der Waals surface area contributed by atoms with Crippen molar-refractivity contribution in [3.63, 3.8) is 0 Å². The summed E-state index contributed by atoms with van der Waals surface area (Å²) in [7, 11) is 0. The number of halogens is 1. The number of hydrogen-bond acceptors (Lipinski definition) is 0. The second-order valence-electron chi connectivity index (χ2n) is 2.13. The molecule has 0 amide bonds. The van der Waals surface area contributed by atoms with E-state index in [1.54, 1.807) is 0 Å². The number of rotatable bonds is 2. The van der Waals surface area contributed by atoms with Crippen molar-refractivity contribution in [3.8, 4) is 0 Å². The molecule has 10 heavy (non-hydrogen) atoms. The van der Waals surface area contributed by atoms with Gasteiger partial charge in [0.25, 0.3) is 0 Å². The van der Waals surface area contributed by atoms with Crippen LogP contribution in [-0.4, -0.2) is 6.54 Å². The molecule has 1 rings (SSSR count). The summed E-state index contributed by atoms with van der Waals surface area (Å²) in [4.78, 5) is 0. The zero-order chi connectivity index (χ0) is 7.40. The largest absolute Gasteiger partial charge is 0.258 e. The highest BCUT2D eigenvalue weighted by atomic mass is 79.9. The van der Waals surface area contributed by atoms with Crippen molar-refractivity contribution in [2.75, 3.05) is 6.54 Å². The Balaban J connectivity index is 2.69. The summed E-state index contributed by atoms with van der Waals surface area (Å²) in [5.41, 5.74) is 8.22. The van der Waals surface area contributed by atoms with Crippen molar-refractivity contribution < 1.29 is 0 Å². The van der Waals surface area contributed by atoms with Crippen LogP contribution in [0.5, 0.6) is 0 Å². The van der Waals surface area contributed by atoms with Gasteiger partial charge in [-0.1, -0.05) is 28.1 Å². The van der Waals surface area contributed by atoms with Crippen molar-refractivity contribution in [2.24, 2.45) is 0 Å². The zero-order valence-corrected chi connectivity index (χ0v) is 7.19. The van der Waals surface area contributed by atoms with E-state index in [1.165, 1.54) is 5.56 Å². The number of hydrogen-bond donors (Lipinski definition) is 0. The summed E-state index contributed by atoms with van der Waals surface area (Å²) in [6.07, 6.45) is 0.854. The first-order valence-electron chi connectivity index (χ1n) is 3.22. The Morgan fingerprint density at radius 1 is 1.20 bits per heavy atom. The highest BCUT2D eigenvalue weighted by molar-refractivity contribution is 9.10. The first-order chi connectivity index (χ1) is 4.83. The lowest BCUT2D eigenvalue weighted by molar-refractivity contribution is 0.941. The first-order valence-corrected chi connectivity index (χ1v) is 4.01. The van der Waals surface area contributed by atoms with Gasteiger partial charge in [0.05, 0.1) is 0 Å². The average Bonchev–Trinajstić information content (AvgIpc) is 1.95. The van der Waals surface area contributed by atoms with Gasteiger partial charge in [0.15, 0.2) is 0 Å². The molecular weight excluding hydrogens is 190 g/mol. The lowest BCUT2D eigenvalue weighted by Crippen LogP contribution is -1.90. The van der Waals surface area contributed by atoms with E-state index in [4.69, 9.17) is 5.73 Å². The maximum absolute atomic E-state index is 6.98.